The number of aryl methyl sites for hydroxylation is 1. The van der Waals surface area contributed by atoms with E-state index in [0.717, 1.165) is 58.0 Å². The molecule has 3 aliphatic heterocycles. The molecule has 4 amide bonds. The zero-order valence-electron chi connectivity index (χ0n) is 34.1. The van der Waals surface area contributed by atoms with E-state index >= 15 is 0 Å². The Kier molecular flexibility index (Phi) is 10.2. The Morgan fingerprint density at radius 2 is 1.76 bits per heavy atom. The van der Waals surface area contributed by atoms with E-state index in [2.05, 4.69) is 32.4 Å². The summed E-state index contributed by atoms with van der Waals surface area (Å²) in [5.41, 5.74) is 5.07. The molecule has 0 bridgehead atoms. The Morgan fingerprint density at radius 3 is 2.49 bits per heavy atom. The topological polar surface area (TPSA) is 157 Å². The van der Waals surface area contributed by atoms with Crippen molar-refractivity contribution in [2.45, 2.75) is 96.1 Å². The van der Waals surface area contributed by atoms with Crippen molar-refractivity contribution in [3.63, 3.8) is 0 Å². The van der Waals surface area contributed by atoms with Crippen molar-refractivity contribution in [1.29, 1.82) is 0 Å². The van der Waals surface area contributed by atoms with Gasteiger partial charge in [-0.25, -0.2) is 9.97 Å². The number of amides is 4. The number of imide groups is 1. The third kappa shape index (κ3) is 7.68. The maximum absolute atomic E-state index is 13.6. The van der Waals surface area contributed by atoms with Crippen molar-refractivity contribution in [2.24, 2.45) is 17.3 Å². The minimum atomic E-state index is -1.17. The van der Waals surface area contributed by atoms with E-state index in [4.69, 9.17) is 4.98 Å². The molecule has 2 aliphatic carbocycles. The fourth-order valence-electron chi connectivity index (χ4n) is 10.5. The number of hydrogen-bond donors (Lipinski definition) is 4. The van der Waals surface area contributed by atoms with Gasteiger partial charge in [0.25, 0.3) is 11.8 Å². The second-order valence-corrected chi connectivity index (χ2v) is 19.4. The summed E-state index contributed by atoms with van der Waals surface area (Å²) in [6.45, 7) is 13.8. The molecule has 1 unspecified atom stereocenters. The van der Waals surface area contributed by atoms with E-state index < -0.39 is 17.6 Å². The highest BCUT2D eigenvalue weighted by Crippen LogP contribution is 2.53. The van der Waals surface area contributed by atoms with Gasteiger partial charge in [0.15, 0.2) is 0 Å². The zero-order valence-corrected chi connectivity index (χ0v) is 34.9. The van der Waals surface area contributed by atoms with Crippen LogP contribution < -0.4 is 16.0 Å². The number of hydrogen-bond acceptors (Lipinski definition) is 10. The molecule has 2 aromatic carbocycles. The van der Waals surface area contributed by atoms with Gasteiger partial charge >= 0.3 is 0 Å². The summed E-state index contributed by atoms with van der Waals surface area (Å²) in [4.78, 5) is 64.6. The Labute approximate surface area is 348 Å². The van der Waals surface area contributed by atoms with Crippen LogP contribution in [0.5, 0.6) is 0 Å². The van der Waals surface area contributed by atoms with E-state index in [1.54, 1.807) is 31.3 Å². The lowest BCUT2D eigenvalue weighted by Gasteiger charge is -2.60. The molecule has 308 valence electrons. The summed E-state index contributed by atoms with van der Waals surface area (Å²) < 4.78 is 1.01. The minimum Gasteiger partial charge on any atom is -0.386 e. The third-order valence-electron chi connectivity index (χ3n) is 13.3. The maximum Gasteiger partial charge on any atom is 0.274 e. The first-order chi connectivity index (χ1) is 28.2. The van der Waals surface area contributed by atoms with Gasteiger partial charge in [-0.3, -0.25) is 29.4 Å². The van der Waals surface area contributed by atoms with Crippen LogP contribution in [0.2, 0.25) is 0 Å². The number of carbonyl (C=O) groups is 4. The van der Waals surface area contributed by atoms with Crippen molar-refractivity contribution in [2.75, 3.05) is 36.8 Å². The van der Waals surface area contributed by atoms with Gasteiger partial charge in [0.2, 0.25) is 11.8 Å². The standard InChI is InChI=1S/C46H53N7O5S/c1-26-7-5-10-34(48-26)41(55)49-35-20-38-36(19-32(35)45(3,4)58)50-43(59-38)30-13-11-28(12-14-30)23-52-24-46(25-52)21-29(22-46)17-18-47-33-9-6-8-31-27(2)53(44(57)40(31)33)37-15-16-39(54)51-42(37)56/h5-10,19-20,28-30,37,47,58H,2,11-18,21-25H2,1,3-4H3,(H,49,55)(H,51,54,56)/t28-,30-,37?. The number of aromatic nitrogens is 2. The van der Waals surface area contributed by atoms with Gasteiger partial charge in [0.1, 0.15) is 11.7 Å². The minimum absolute atomic E-state index is 0.205. The molecule has 1 atom stereocenters. The quantitative estimate of drug-likeness (QED) is 0.115. The van der Waals surface area contributed by atoms with E-state index in [1.165, 1.54) is 50.2 Å². The van der Waals surface area contributed by atoms with Crippen LogP contribution in [0.1, 0.15) is 120 Å². The highest BCUT2D eigenvalue weighted by Gasteiger charge is 2.52. The average molecular weight is 816 g/mol. The normalized spacial score (nSPS) is 23.3. The fraction of sp³-hybridized carbons (Fsp3) is 0.478. The molecule has 12 nitrogen and oxygen atoms in total. The van der Waals surface area contributed by atoms with Crippen LogP contribution in [0, 0.1) is 24.2 Å². The average Bonchev–Trinajstić information content (AvgIpc) is 3.70. The molecule has 0 radical (unpaired) electrons. The number of fused-ring (bicyclic) bond motifs is 2. The second kappa shape index (κ2) is 15.2. The number of likely N-dealkylation sites (tertiary alicyclic amines) is 1. The van der Waals surface area contributed by atoms with Gasteiger partial charge in [-0.2, -0.15) is 0 Å². The summed E-state index contributed by atoms with van der Waals surface area (Å²) >= 11 is 1.70. The number of anilines is 2. The molecule has 2 aromatic heterocycles. The van der Waals surface area contributed by atoms with Crippen LogP contribution in [0.15, 0.2) is 55.1 Å². The predicted molar refractivity (Wildman–Crippen MR) is 229 cm³/mol. The lowest BCUT2D eigenvalue weighted by molar-refractivity contribution is -0.136. The lowest BCUT2D eigenvalue weighted by atomic mass is 9.57. The van der Waals surface area contributed by atoms with Crippen LogP contribution in [0.3, 0.4) is 0 Å². The highest BCUT2D eigenvalue weighted by atomic mass is 32.1. The van der Waals surface area contributed by atoms with E-state index in [-0.39, 0.29) is 24.1 Å². The lowest BCUT2D eigenvalue weighted by Crippen LogP contribution is -2.63. The smallest absolute Gasteiger partial charge is 0.274 e. The largest absolute Gasteiger partial charge is 0.386 e. The number of piperidine rings is 1. The number of rotatable bonds is 11. The SMILES string of the molecule is C=C1c2cccc(NCCC3CC4(C3)CN(C[C@H]3CC[C@H](c5nc6cc(C(C)(C)O)c(NC(=O)c7cccc(C)n7)cc6s5)CC3)C4)c2C(=O)N1C1CCC(=O)NC1=O. The Morgan fingerprint density at radius 1 is 1.00 bits per heavy atom. The first-order valence-corrected chi connectivity index (χ1v) is 21.9. The summed E-state index contributed by atoms with van der Waals surface area (Å²) in [5, 5.41) is 21.1. The molecule has 4 N–H and O–H groups in total. The second-order valence-electron chi connectivity index (χ2n) is 18.3. The molecule has 2 saturated carbocycles. The summed E-state index contributed by atoms with van der Waals surface area (Å²) in [6, 6.07) is 14.2. The highest BCUT2D eigenvalue weighted by molar-refractivity contribution is 7.18. The van der Waals surface area contributed by atoms with E-state index in [9.17, 15) is 24.3 Å². The number of pyridine rings is 1. The molecule has 9 rings (SSSR count). The molecule has 2 saturated heterocycles. The van der Waals surface area contributed by atoms with Crippen LogP contribution in [-0.2, 0) is 15.2 Å². The van der Waals surface area contributed by atoms with Gasteiger partial charge in [-0.15, -0.1) is 11.3 Å². The predicted octanol–water partition coefficient (Wildman–Crippen LogP) is 7.20. The van der Waals surface area contributed by atoms with Gasteiger partial charge in [0.05, 0.1) is 26.4 Å². The van der Waals surface area contributed by atoms with E-state index in [1.807, 2.05) is 49.4 Å². The van der Waals surface area contributed by atoms with Crippen LogP contribution in [0.4, 0.5) is 11.4 Å². The van der Waals surface area contributed by atoms with Crippen LogP contribution >= 0.6 is 11.3 Å². The zero-order chi connectivity index (χ0) is 41.2. The number of nitrogens with zero attached hydrogens (tertiary/aromatic N) is 4. The van der Waals surface area contributed by atoms with Gasteiger partial charge in [-0.05, 0) is 120 Å². The maximum atomic E-state index is 13.6. The Balaban J connectivity index is 0.730. The molecular formula is C46H53N7O5S. The summed E-state index contributed by atoms with van der Waals surface area (Å²) in [7, 11) is 0. The molecule has 1 spiro atoms. The van der Waals surface area contributed by atoms with Gasteiger partial charge in [-0.1, -0.05) is 24.8 Å². The molecule has 4 aromatic rings. The Bertz CT molecular complexity index is 2360. The molecular weight excluding hydrogens is 763 g/mol. The third-order valence-corrected chi connectivity index (χ3v) is 14.5. The van der Waals surface area contributed by atoms with Crippen molar-refractivity contribution >= 4 is 62.3 Å². The van der Waals surface area contributed by atoms with Crippen LogP contribution in [-0.4, -0.2) is 80.7 Å². The van der Waals surface area contributed by atoms with Crippen molar-refractivity contribution in [1.82, 2.24) is 25.1 Å². The summed E-state index contributed by atoms with van der Waals surface area (Å²) in [6.07, 6.45) is 8.70. The number of carbonyl (C=O) groups excluding carboxylic acids is 4. The van der Waals surface area contributed by atoms with Crippen LogP contribution in [0.25, 0.3) is 15.9 Å². The first-order valence-electron chi connectivity index (χ1n) is 21.1. The van der Waals surface area contributed by atoms with E-state index in [0.29, 0.717) is 57.8 Å². The number of thiazole rings is 1. The van der Waals surface area contributed by atoms with Gasteiger partial charge < -0.3 is 20.6 Å². The van der Waals surface area contributed by atoms with Crippen molar-refractivity contribution in [3.05, 3.63) is 88.2 Å². The summed E-state index contributed by atoms with van der Waals surface area (Å²) in [5.74, 6) is 0.509. The first kappa shape index (κ1) is 39.5. The number of aliphatic hydroxyl groups is 1. The fourth-order valence-corrected chi connectivity index (χ4v) is 11.6. The molecule has 13 heteroatoms. The monoisotopic (exact) mass is 815 g/mol. The molecule has 5 aliphatic rings. The molecule has 4 fully saturated rings. The van der Waals surface area contributed by atoms with Crippen molar-refractivity contribution in [3.8, 4) is 0 Å². The number of benzene rings is 2. The number of nitrogens with one attached hydrogen (secondary N) is 3. The van der Waals surface area contributed by atoms with Gasteiger partial charge in [0, 0.05) is 72.4 Å². The molecule has 5 heterocycles. The molecule has 59 heavy (non-hydrogen) atoms. The van der Waals surface area contributed by atoms with Crippen molar-refractivity contribution < 1.29 is 24.3 Å². The Hall–Kier alpha value is -4.98.